The number of ether oxygens (including phenoxy) is 1. The molecule has 9 heteroatoms. The molecule has 0 bridgehead atoms. The Morgan fingerprint density at radius 3 is 2.60 bits per heavy atom. The number of aromatic nitrogens is 1. The number of pyridine rings is 1. The van der Waals surface area contributed by atoms with Gasteiger partial charge in [-0.2, -0.15) is 13.2 Å². The van der Waals surface area contributed by atoms with E-state index < -0.39 is 11.7 Å². The summed E-state index contributed by atoms with van der Waals surface area (Å²) in [6.07, 6.45) is -1.18. The summed E-state index contributed by atoms with van der Waals surface area (Å²) in [7, 11) is 0. The average Bonchev–Trinajstić information content (AvgIpc) is 2.83. The Bertz CT molecular complexity index is 1290. The molecule has 3 heterocycles. The highest BCUT2D eigenvalue weighted by Crippen LogP contribution is 2.34. The maximum Gasteiger partial charge on any atom is 0.416 e. The van der Waals surface area contributed by atoms with Crippen LogP contribution in [-0.2, 0) is 41.6 Å². The van der Waals surface area contributed by atoms with Crippen molar-refractivity contribution in [1.82, 2.24) is 9.88 Å². The van der Waals surface area contributed by atoms with Crippen LogP contribution >= 0.6 is 0 Å². The molecule has 1 N–H and O–H groups in total. The summed E-state index contributed by atoms with van der Waals surface area (Å²) in [4.78, 5) is 30.4. The van der Waals surface area contributed by atoms with Gasteiger partial charge in [-0.3, -0.25) is 9.59 Å². The Hall–Kier alpha value is -3.88. The number of amides is 2. The molecule has 35 heavy (non-hydrogen) atoms. The molecule has 2 amide bonds. The third-order valence-electron chi connectivity index (χ3n) is 6.28. The van der Waals surface area contributed by atoms with E-state index in [1.54, 1.807) is 17.2 Å². The number of rotatable bonds is 4. The van der Waals surface area contributed by atoms with Crippen LogP contribution in [0.5, 0.6) is 11.5 Å². The molecule has 0 fully saturated rings. The standard InChI is InChI=1S/C26H22F3N3O3/c27-26(28,29)19-4-1-16(2-5-19)13-24(34)32-12-10-17-3-6-20(14-18(17)15-32)35-22-9-11-30-25-21(22)7-8-23(33)31-25/h1-6,9,11,14H,7-8,10,12-13,15H2,(H,30,31,33). The molecule has 1 aromatic heterocycles. The largest absolute Gasteiger partial charge is 0.457 e. The van der Waals surface area contributed by atoms with Crippen molar-refractivity contribution in [2.45, 2.75) is 38.4 Å². The molecule has 3 aromatic rings. The molecule has 0 aliphatic carbocycles. The molecule has 2 aliphatic heterocycles. The minimum Gasteiger partial charge on any atom is -0.457 e. The lowest BCUT2D eigenvalue weighted by molar-refractivity contribution is -0.137. The Labute approximate surface area is 199 Å². The van der Waals surface area contributed by atoms with Crippen LogP contribution in [-0.4, -0.2) is 28.2 Å². The molecular formula is C26H22F3N3O3. The summed E-state index contributed by atoms with van der Waals surface area (Å²) in [6.45, 7) is 0.945. The number of alkyl halides is 3. The van der Waals surface area contributed by atoms with E-state index in [-0.39, 0.29) is 18.2 Å². The van der Waals surface area contributed by atoms with Crippen molar-refractivity contribution >= 4 is 17.6 Å². The molecule has 6 nitrogen and oxygen atoms in total. The predicted octanol–water partition coefficient (Wildman–Crippen LogP) is 4.90. The van der Waals surface area contributed by atoms with E-state index >= 15 is 0 Å². The summed E-state index contributed by atoms with van der Waals surface area (Å²) in [5.74, 6) is 1.54. The summed E-state index contributed by atoms with van der Waals surface area (Å²) >= 11 is 0. The van der Waals surface area contributed by atoms with Crippen LogP contribution in [0, 0.1) is 0 Å². The Kier molecular flexibility index (Phi) is 5.92. The lowest BCUT2D eigenvalue weighted by atomic mass is 9.98. The van der Waals surface area contributed by atoms with E-state index in [4.69, 9.17) is 4.74 Å². The van der Waals surface area contributed by atoms with Gasteiger partial charge in [0.1, 0.15) is 17.3 Å². The van der Waals surface area contributed by atoms with Gasteiger partial charge < -0.3 is 15.0 Å². The predicted molar refractivity (Wildman–Crippen MR) is 122 cm³/mol. The lowest BCUT2D eigenvalue weighted by Gasteiger charge is -2.29. The van der Waals surface area contributed by atoms with E-state index in [1.807, 2.05) is 18.2 Å². The summed E-state index contributed by atoms with van der Waals surface area (Å²) in [5.41, 5.74) is 2.75. The zero-order valence-electron chi connectivity index (χ0n) is 18.7. The van der Waals surface area contributed by atoms with Crippen LogP contribution in [0.1, 0.15) is 34.2 Å². The minimum atomic E-state index is -4.40. The smallest absolute Gasteiger partial charge is 0.416 e. The fraction of sp³-hybridized carbons (Fsp3) is 0.269. The zero-order valence-corrected chi connectivity index (χ0v) is 18.7. The average molecular weight is 481 g/mol. The molecule has 0 atom stereocenters. The molecule has 0 unspecified atom stereocenters. The van der Waals surface area contributed by atoms with E-state index in [0.29, 0.717) is 55.2 Å². The lowest BCUT2D eigenvalue weighted by Crippen LogP contribution is -2.36. The van der Waals surface area contributed by atoms with Crippen LogP contribution in [0.2, 0.25) is 0 Å². The SMILES string of the molecule is O=C1CCc2c(Oc3ccc4c(c3)CN(C(=O)Cc3ccc(C(F)(F)F)cc3)CC4)ccnc2N1. The molecule has 5 rings (SSSR count). The van der Waals surface area contributed by atoms with Crippen molar-refractivity contribution in [2.24, 2.45) is 0 Å². The second kappa shape index (κ2) is 9.05. The maximum absolute atomic E-state index is 12.9. The maximum atomic E-state index is 12.9. The summed E-state index contributed by atoms with van der Waals surface area (Å²) in [5, 5.41) is 2.75. The van der Waals surface area contributed by atoms with Gasteiger partial charge in [-0.25, -0.2) is 4.98 Å². The number of nitrogens with one attached hydrogen (secondary N) is 1. The van der Waals surface area contributed by atoms with E-state index in [9.17, 15) is 22.8 Å². The summed E-state index contributed by atoms with van der Waals surface area (Å²) in [6, 6.07) is 12.2. The van der Waals surface area contributed by atoms with E-state index in [2.05, 4.69) is 10.3 Å². The van der Waals surface area contributed by atoms with Gasteiger partial charge in [0.25, 0.3) is 0 Å². The first-order valence-corrected chi connectivity index (χ1v) is 11.3. The Morgan fingerprint density at radius 2 is 1.83 bits per heavy atom. The fourth-order valence-corrected chi connectivity index (χ4v) is 4.39. The normalized spacial score (nSPS) is 15.2. The van der Waals surface area contributed by atoms with Crippen molar-refractivity contribution in [1.29, 1.82) is 0 Å². The first-order chi connectivity index (χ1) is 16.8. The first kappa shape index (κ1) is 22.9. The molecular weight excluding hydrogens is 459 g/mol. The number of hydrogen-bond acceptors (Lipinski definition) is 4. The van der Waals surface area contributed by atoms with Crippen molar-refractivity contribution < 1.29 is 27.5 Å². The van der Waals surface area contributed by atoms with Crippen molar-refractivity contribution in [3.63, 3.8) is 0 Å². The quantitative estimate of drug-likeness (QED) is 0.575. The van der Waals surface area contributed by atoms with Gasteiger partial charge in [0.05, 0.1) is 12.0 Å². The third-order valence-corrected chi connectivity index (χ3v) is 6.28. The monoisotopic (exact) mass is 481 g/mol. The Balaban J connectivity index is 1.28. The number of carbonyl (C=O) groups is 2. The van der Waals surface area contributed by atoms with Crippen LogP contribution in [0.4, 0.5) is 19.0 Å². The van der Waals surface area contributed by atoms with Crippen molar-refractivity contribution in [3.05, 3.63) is 82.5 Å². The van der Waals surface area contributed by atoms with Crippen LogP contribution in [0.3, 0.4) is 0 Å². The molecule has 0 spiro atoms. The number of halogens is 3. The van der Waals surface area contributed by atoms with Gasteiger partial charge in [0, 0.05) is 31.3 Å². The van der Waals surface area contributed by atoms with E-state index in [0.717, 1.165) is 28.8 Å². The highest BCUT2D eigenvalue weighted by molar-refractivity contribution is 5.93. The third kappa shape index (κ3) is 4.99. The van der Waals surface area contributed by atoms with Gasteiger partial charge in [-0.05, 0) is 59.9 Å². The topological polar surface area (TPSA) is 71.5 Å². The highest BCUT2D eigenvalue weighted by Gasteiger charge is 2.30. The zero-order chi connectivity index (χ0) is 24.6. The van der Waals surface area contributed by atoms with Crippen molar-refractivity contribution in [3.8, 4) is 11.5 Å². The number of hydrogen-bond donors (Lipinski definition) is 1. The molecule has 0 saturated carbocycles. The van der Waals surface area contributed by atoms with E-state index in [1.165, 1.54) is 12.1 Å². The second-order valence-electron chi connectivity index (χ2n) is 8.65. The Morgan fingerprint density at radius 1 is 1.03 bits per heavy atom. The van der Waals surface area contributed by atoms with Crippen molar-refractivity contribution in [2.75, 3.05) is 11.9 Å². The number of benzene rings is 2. The number of anilines is 1. The number of fused-ring (bicyclic) bond motifs is 2. The minimum absolute atomic E-state index is 0.0402. The van der Waals surface area contributed by atoms with Gasteiger partial charge in [-0.15, -0.1) is 0 Å². The summed E-state index contributed by atoms with van der Waals surface area (Å²) < 4.78 is 44.5. The van der Waals surface area contributed by atoms with Crippen LogP contribution in [0.15, 0.2) is 54.7 Å². The van der Waals surface area contributed by atoms with Gasteiger partial charge in [-0.1, -0.05) is 18.2 Å². The second-order valence-corrected chi connectivity index (χ2v) is 8.65. The first-order valence-electron chi connectivity index (χ1n) is 11.3. The van der Waals surface area contributed by atoms with Gasteiger partial charge >= 0.3 is 6.18 Å². The molecule has 2 aliphatic rings. The molecule has 0 saturated heterocycles. The molecule has 0 radical (unpaired) electrons. The van der Waals surface area contributed by atoms with Gasteiger partial charge in [0.15, 0.2) is 0 Å². The molecule has 180 valence electrons. The molecule has 2 aromatic carbocycles. The fourth-order valence-electron chi connectivity index (χ4n) is 4.39. The van der Waals surface area contributed by atoms with Crippen LogP contribution < -0.4 is 10.1 Å². The van der Waals surface area contributed by atoms with Gasteiger partial charge in [0.2, 0.25) is 11.8 Å². The van der Waals surface area contributed by atoms with Crippen LogP contribution in [0.25, 0.3) is 0 Å². The number of nitrogens with zero attached hydrogens (tertiary/aromatic N) is 2. The number of carbonyl (C=O) groups excluding carboxylic acids is 2. The highest BCUT2D eigenvalue weighted by atomic mass is 19.4.